The van der Waals surface area contributed by atoms with Gasteiger partial charge in [-0.2, -0.15) is 0 Å². The predicted octanol–water partition coefficient (Wildman–Crippen LogP) is 0.0385. The summed E-state index contributed by atoms with van der Waals surface area (Å²) in [6.45, 7) is 5.81. The number of amides is 2. The number of hydrogen-bond donors (Lipinski definition) is 2. The Morgan fingerprint density at radius 2 is 2.12 bits per heavy atom. The van der Waals surface area contributed by atoms with Crippen molar-refractivity contribution in [1.29, 1.82) is 0 Å². The van der Waals surface area contributed by atoms with Crippen molar-refractivity contribution in [3.05, 3.63) is 11.9 Å². The third kappa shape index (κ3) is 4.25. The van der Waals surface area contributed by atoms with Crippen molar-refractivity contribution in [2.45, 2.75) is 39.4 Å². The van der Waals surface area contributed by atoms with E-state index in [1.165, 1.54) is 27.5 Å². The second-order valence-electron chi connectivity index (χ2n) is 6.03. The van der Waals surface area contributed by atoms with Gasteiger partial charge in [0.15, 0.2) is 5.69 Å². The second kappa shape index (κ2) is 7.65. The number of aromatic nitrogens is 3. The maximum absolute atomic E-state index is 12.4. The first kappa shape index (κ1) is 18.2. The highest BCUT2D eigenvalue weighted by molar-refractivity contribution is 7.99. The molecule has 132 valence electrons. The largest absolute Gasteiger partial charge is 0.476 e. The predicted molar refractivity (Wildman–Crippen MR) is 87.4 cm³/mol. The zero-order valence-corrected chi connectivity index (χ0v) is 14.6. The molecular weight excluding hydrogens is 334 g/mol. The van der Waals surface area contributed by atoms with Gasteiger partial charge in [0.25, 0.3) is 0 Å². The summed E-state index contributed by atoms with van der Waals surface area (Å²) in [6, 6.07) is -0.500. The van der Waals surface area contributed by atoms with E-state index in [2.05, 4.69) is 15.6 Å². The third-order valence-corrected chi connectivity index (χ3v) is 4.94. The number of carbonyl (C=O) groups excluding carboxylic acids is 2. The molecule has 10 heteroatoms. The van der Waals surface area contributed by atoms with Crippen molar-refractivity contribution in [2.75, 3.05) is 11.6 Å². The Hall–Kier alpha value is -2.10. The van der Waals surface area contributed by atoms with E-state index in [0.29, 0.717) is 17.5 Å². The molecule has 0 radical (unpaired) electrons. The molecule has 1 aromatic rings. The molecule has 1 aromatic heterocycles. The molecule has 0 saturated carbocycles. The van der Waals surface area contributed by atoms with Crippen molar-refractivity contribution in [2.24, 2.45) is 5.92 Å². The summed E-state index contributed by atoms with van der Waals surface area (Å²) in [4.78, 5) is 37.1. The summed E-state index contributed by atoms with van der Waals surface area (Å²) in [5, 5.41) is 18.8. The fourth-order valence-corrected chi connectivity index (χ4v) is 3.28. The summed E-state index contributed by atoms with van der Waals surface area (Å²) in [5.74, 6) is -0.395. The number of nitrogens with zero attached hydrogens (tertiary/aromatic N) is 4. The summed E-state index contributed by atoms with van der Waals surface area (Å²) in [7, 11) is 0. The fraction of sp³-hybridized carbons (Fsp3) is 0.643. The second-order valence-corrected chi connectivity index (χ2v) is 7.03. The number of carboxylic acids is 1. The molecule has 2 atom stereocenters. The molecule has 0 aliphatic carbocycles. The SMILES string of the molecule is CC(C)C(C)NC(=O)C1CSCN1C(=O)Cn1cc(C(=O)O)nn1. The van der Waals surface area contributed by atoms with Gasteiger partial charge >= 0.3 is 5.97 Å². The van der Waals surface area contributed by atoms with E-state index in [9.17, 15) is 14.4 Å². The molecule has 1 aliphatic heterocycles. The van der Waals surface area contributed by atoms with Gasteiger partial charge in [0.1, 0.15) is 12.6 Å². The number of rotatable bonds is 6. The van der Waals surface area contributed by atoms with Crippen molar-refractivity contribution in [1.82, 2.24) is 25.2 Å². The summed E-state index contributed by atoms with van der Waals surface area (Å²) >= 11 is 1.51. The number of thioether (sulfide) groups is 1. The van der Waals surface area contributed by atoms with Crippen LogP contribution in [-0.2, 0) is 16.1 Å². The lowest BCUT2D eigenvalue weighted by Crippen LogP contribution is -2.51. The Bertz CT molecular complexity index is 632. The highest BCUT2D eigenvalue weighted by Gasteiger charge is 2.35. The standard InChI is InChI=1S/C14H21N5O4S/c1-8(2)9(3)15-13(21)11-6-24-7-19(11)12(20)5-18-4-10(14(22)23)16-17-18/h4,8-9,11H,5-7H2,1-3H3,(H,15,21)(H,22,23). The van der Waals surface area contributed by atoms with Crippen LogP contribution < -0.4 is 5.32 Å². The molecule has 2 heterocycles. The first-order chi connectivity index (χ1) is 11.3. The lowest BCUT2D eigenvalue weighted by Gasteiger charge is -2.25. The third-order valence-electron chi connectivity index (χ3n) is 3.93. The van der Waals surface area contributed by atoms with Crippen LogP contribution in [0.1, 0.15) is 31.3 Å². The Morgan fingerprint density at radius 3 is 2.71 bits per heavy atom. The van der Waals surface area contributed by atoms with Crippen molar-refractivity contribution >= 4 is 29.5 Å². The smallest absolute Gasteiger partial charge is 0.358 e. The normalized spacial score (nSPS) is 18.7. The van der Waals surface area contributed by atoms with Gasteiger partial charge in [0.2, 0.25) is 11.8 Å². The Morgan fingerprint density at radius 1 is 1.42 bits per heavy atom. The maximum atomic E-state index is 12.4. The zero-order valence-electron chi connectivity index (χ0n) is 13.8. The van der Waals surface area contributed by atoms with Crippen molar-refractivity contribution in [3.63, 3.8) is 0 Å². The Kier molecular flexibility index (Phi) is 5.81. The molecule has 2 N–H and O–H groups in total. The van der Waals surface area contributed by atoms with E-state index in [1.807, 2.05) is 20.8 Å². The maximum Gasteiger partial charge on any atom is 0.358 e. The van der Waals surface area contributed by atoms with Gasteiger partial charge in [0.05, 0.1) is 12.1 Å². The van der Waals surface area contributed by atoms with Gasteiger partial charge in [-0.3, -0.25) is 9.59 Å². The van der Waals surface area contributed by atoms with Gasteiger partial charge in [-0.1, -0.05) is 19.1 Å². The van der Waals surface area contributed by atoms with Crippen molar-refractivity contribution in [3.8, 4) is 0 Å². The van der Waals surface area contributed by atoms with Crippen molar-refractivity contribution < 1.29 is 19.5 Å². The number of carboxylic acid groups (broad SMARTS) is 1. The topological polar surface area (TPSA) is 117 Å². The van der Waals surface area contributed by atoms with Gasteiger partial charge < -0.3 is 15.3 Å². The molecule has 1 aliphatic rings. The van der Waals surface area contributed by atoms with Gasteiger partial charge in [0, 0.05) is 11.8 Å². The lowest BCUT2D eigenvalue weighted by molar-refractivity contribution is -0.139. The quantitative estimate of drug-likeness (QED) is 0.739. The number of aromatic carboxylic acids is 1. The highest BCUT2D eigenvalue weighted by Crippen LogP contribution is 2.22. The molecule has 0 spiro atoms. The van der Waals surface area contributed by atoms with Crippen LogP contribution in [0.2, 0.25) is 0 Å². The molecule has 24 heavy (non-hydrogen) atoms. The monoisotopic (exact) mass is 355 g/mol. The molecule has 1 fully saturated rings. The summed E-state index contributed by atoms with van der Waals surface area (Å²) < 4.78 is 1.17. The average Bonchev–Trinajstić information content (AvgIpc) is 3.15. The van der Waals surface area contributed by atoms with E-state index >= 15 is 0 Å². The van der Waals surface area contributed by atoms with E-state index in [1.54, 1.807) is 0 Å². The lowest BCUT2D eigenvalue weighted by atomic mass is 10.1. The molecule has 0 bridgehead atoms. The van der Waals surface area contributed by atoms with Crippen LogP contribution in [0.3, 0.4) is 0 Å². The minimum Gasteiger partial charge on any atom is -0.476 e. The van der Waals surface area contributed by atoms with Crippen LogP contribution >= 0.6 is 11.8 Å². The Balaban J connectivity index is 1.99. The molecule has 1 saturated heterocycles. The molecule has 2 rings (SSSR count). The average molecular weight is 355 g/mol. The van der Waals surface area contributed by atoms with Crippen LogP contribution in [0.15, 0.2) is 6.20 Å². The van der Waals surface area contributed by atoms with Crippen LogP contribution in [0.4, 0.5) is 0 Å². The number of carbonyl (C=O) groups is 3. The molecule has 2 amide bonds. The van der Waals surface area contributed by atoms with E-state index in [4.69, 9.17) is 5.11 Å². The number of nitrogens with one attached hydrogen (secondary N) is 1. The summed E-state index contributed by atoms with van der Waals surface area (Å²) in [5.41, 5.74) is -0.223. The van der Waals surface area contributed by atoms with E-state index in [-0.39, 0.29) is 30.1 Å². The molecular formula is C14H21N5O4S. The molecule has 0 aromatic carbocycles. The highest BCUT2D eigenvalue weighted by atomic mass is 32.2. The fourth-order valence-electron chi connectivity index (χ4n) is 2.10. The molecule has 2 unspecified atom stereocenters. The van der Waals surface area contributed by atoms with Gasteiger partial charge in [-0.15, -0.1) is 16.9 Å². The van der Waals surface area contributed by atoms with E-state index in [0.717, 1.165) is 0 Å². The minimum absolute atomic E-state index is 0.0218. The zero-order chi connectivity index (χ0) is 17.9. The van der Waals surface area contributed by atoms with Crippen LogP contribution in [0.5, 0.6) is 0 Å². The Labute approximate surface area is 143 Å². The number of hydrogen-bond acceptors (Lipinski definition) is 6. The molecule has 9 nitrogen and oxygen atoms in total. The minimum atomic E-state index is -1.20. The van der Waals surface area contributed by atoms with Crippen LogP contribution in [0.25, 0.3) is 0 Å². The first-order valence-electron chi connectivity index (χ1n) is 7.60. The van der Waals surface area contributed by atoms with Crippen LogP contribution in [0, 0.1) is 5.92 Å². The summed E-state index contributed by atoms with van der Waals surface area (Å²) in [6.07, 6.45) is 1.19. The van der Waals surface area contributed by atoms with Crippen LogP contribution in [-0.4, -0.2) is 66.5 Å². The van der Waals surface area contributed by atoms with E-state index < -0.39 is 12.0 Å². The van der Waals surface area contributed by atoms with Gasteiger partial charge in [-0.05, 0) is 12.8 Å². The van der Waals surface area contributed by atoms with Gasteiger partial charge in [-0.25, -0.2) is 9.48 Å². The first-order valence-corrected chi connectivity index (χ1v) is 8.76.